The first-order valence-corrected chi connectivity index (χ1v) is 12.3. The van der Waals surface area contributed by atoms with Crippen molar-refractivity contribution < 1.29 is 4.42 Å². The first-order chi connectivity index (χ1) is 18.3. The molecule has 0 saturated heterocycles. The number of fused-ring (bicyclic) bond motifs is 3. The molecule has 0 N–H and O–H groups in total. The van der Waals surface area contributed by atoms with Crippen LogP contribution in [0.1, 0.15) is 0 Å². The van der Waals surface area contributed by atoms with Crippen molar-refractivity contribution in [1.82, 2.24) is 9.97 Å². The average Bonchev–Trinajstić information content (AvgIpc) is 3.38. The molecule has 3 heteroatoms. The van der Waals surface area contributed by atoms with E-state index in [0.29, 0.717) is 0 Å². The Morgan fingerprint density at radius 2 is 0.703 bits per heavy atom. The third kappa shape index (κ3) is 3.78. The van der Waals surface area contributed by atoms with Gasteiger partial charge in [-0.05, 0) is 57.6 Å². The van der Waals surface area contributed by atoms with Gasteiger partial charge in [0.2, 0.25) is 0 Å². The second-order valence-corrected chi connectivity index (χ2v) is 9.09. The van der Waals surface area contributed by atoms with Crippen LogP contribution in [0.2, 0.25) is 0 Å². The van der Waals surface area contributed by atoms with Gasteiger partial charge < -0.3 is 4.42 Å². The van der Waals surface area contributed by atoms with Crippen LogP contribution >= 0.6 is 0 Å². The molecule has 0 unspecified atom stereocenters. The second-order valence-electron chi connectivity index (χ2n) is 9.09. The smallest absolute Gasteiger partial charge is 0.143 e. The lowest BCUT2D eigenvalue weighted by Crippen LogP contribution is -1.81. The fourth-order valence-corrected chi connectivity index (χ4v) is 5.05. The van der Waals surface area contributed by atoms with Gasteiger partial charge in [0.1, 0.15) is 11.2 Å². The van der Waals surface area contributed by atoms with Crippen LogP contribution in [0.5, 0.6) is 0 Å². The van der Waals surface area contributed by atoms with Crippen LogP contribution in [-0.4, -0.2) is 9.97 Å². The molecule has 7 aromatic rings. The van der Waals surface area contributed by atoms with Crippen LogP contribution in [0.25, 0.3) is 66.4 Å². The van der Waals surface area contributed by atoms with Gasteiger partial charge in [-0.2, -0.15) is 0 Å². The Labute approximate surface area is 214 Å². The lowest BCUT2D eigenvalue weighted by molar-refractivity contribution is 0.671. The molecule has 0 aliphatic rings. The summed E-state index contributed by atoms with van der Waals surface area (Å²) in [6.07, 6.45) is 7.29. The molecule has 0 bridgehead atoms. The number of para-hydroxylation sites is 2. The summed E-state index contributed by atoms with van der Waals surface area (Å²) >= 11 is 0. The van der Waals surface area contributed by atoms with Gasteiger partial charge in [-0.1, -0.05) is 84.9 Å². The van der Waals surface area contributed by atoms with Crippen LogP contribution in [0.3, 0.4) is 0 Å². The molecule has 7 rings (SSSR count). The molecule has 0 radical (unpaired) electrons. The predicted octanol–water partition coefficient (Wildman–Crippen LogP) is 9.04. The number of pyridine rings is 2. The zero-order valence-electron chi connectivity index (χ0n) is 20.0. The van der Waals surface area contributed by atoms with E-state index in [1.54, 1.807) is 0 Å². The lowest BCUT2D eigenvalue weighted by atomic mass is 9.98. The van der Waals surface area contributed by atoms with Crippen molar-refractivity contribution in [3.63, 3.8) is 0 Å². The van der Waals surface area contributed by atoms with Gasteiger partial charge in [-0.25, -0.2) is 0 Å². The van der Waals surface area contributed by atoms with Crippen LogP contribution in [0, 0.1) is 0 Å². The molecule has 0 spiro atoms. The van der Waals surface area contributed by atoms with E-state index in [0.717, 1.165) is 55.3 Å². The summed E-state index contributed by atoms with van der Waals surface area (Å²) in [6, 6.07) is 38.2. The highest BCUT2D eigenvalue weighted by Crippen LogP contribution is 2.40. The van der Waals surface area contributed by atoms with E-state index in [1.807, 2.05) is 49.1 Å². The molecular weight excluding hydrogens is 452 g/mol. The summed E-state index contributed by atoms with van der Waals surface area (Å²) in [5.41, 5.74) is 10.9. The van der Waals surface area contributed by atoms with E-state index in [-0.39, 0.29) is 0 Å². The van der Waals surface area contributed by atoms with Gasteiger partial charge in [0.15, 0.2) is 0 Å². The average molecular weight is 475 g/mol. The normalized spacial score (nSPS) is 11.2. The Hall–Kier alpha value is -5.02. The Bertz CT molecular complexity index is 1700. The zero-order valence-corrected chi connectivity index (χ0v) is 20.0. The minimum Gasteiger partial charge on any atom is -0.455 e. The molecule has 4 aromatic carbocycles. The molecule has 174 valence electrons. The fraction of sp³-hybridized carbons (Fsp3) is 0. The van der Waals surface area contributed by atoms with E-state index < -0.39 is 0 Å². The molecule has 0 aliphatic carbocycles. The number of furan rings is 1. The summed E-state index contributed by atoms with van der Waals surface area (Å²) in [5.74, 6) is 0. The minimum absolute atomic E-state index is 0.912. The third-order valence-electron chi connectivity index (χ3n) is 6.94. The summed E-state index contributed by atoms with van der Waals surface area (Å²) in [6.45, 7) is 0. The highest BCUT2D eigenvalue weighted by atomic mass is 16.3. The fourth-order valence-electron chi connectivity index (χ4n) is 5.05. The quantitative estimate of drug-likeness (QED) is 0.255. The molecule has 3 heterocycles. The maximum absolute atomic E-state index is 6.64. The van der Waals surface area contributed by atoms with Crippen molar-refractivity contribution >= 4 is 21.9 Å². The van der Waals surface area contributed by atoms with E-state index >= 15 is 0 Å². The molecule has 3 nitrogen and oxygen atoms in total. The summed E-state index contributed by atoms with van der Waals surface area (Å²) in [4.78, 5) is 8.25. The van der Waals surface area contributed by atoms with Crippen molar-refractivity contribution in [2.24, 2.45) is 0 Å². The molecule has 0 aliphatic heterocycles. The van der Waals surface area contributed by atoms with Crippen molar-refractivity contribution in [3.05, 3.63) is 134 Å². The first-order valence-electron chi connectivity index (χ1n) is 12.3. The largest absolute Gasteiger partial charge is 0.455 e. The maximum atomic E-state index is 6.64. The van der Waals surface area contributed by atoms with Crippen LogP contribution in [-0.2, 0) is 0 Å². The molecule has 0 atom stereocenters. The van der Waals surface area contributed by atoms with Crippen molar-refractivity contribution in [2.75, 3.05) is 0 Å². The predicted molar refractivity (Wildman–Crippen MR) is 151 cm³/mol. The molecule has 0 amide bonds. The Morgan fingerprint density at radius 3 is 1.11 bits per heavy atom. The first kappa shape index (κ1) is 21.3. The van der Waals surface area contributed by atoms with Crippen LogP contribution < -0.4 is 0 Å². The highest BCUT2D eigenvalue weighted by molar-refractivity contribution is 6.13. The summed E-state index contributed by atoms with van der Waals surface area (Å²) in [5, 5.41) is 2.25. The standard InChI is InChI=1S/C34H22N2O/c1-3-29(27-11-7-23(8-12-27)25-15-19-35-20-16-25)33-31(5-1)32-6-2-4-30(34(32)37-33)28-13-9-24(10-14-28)26-17-21-36-22-18-26/h1-22H. The monoisotopic (exact) mass is 474 g/mol. The van der Waals surface area contributed by atoms with Gasteiger partial charge in [-0.3, -0.25) is 9.97 Å². The van der Waals surface area contributed by atoms with Gasteiger partial charge in [0.05, 0.1) is 0 Å². The van der Waals surface area contributed by atoms with E-state index in [2.05, 4.69) is 94.9 Å². The molecule has 37 heavy (non-hydrogen) atoms. The van der Waals surface area contributed by atoms with E-state index in [4.69, 9.17) is 4.42 Å². The maximum Gasteiger partial charge on any atom is 0.143 e. The Kier molecular flexibility index (Phi) is 5.11. The van der Waals surface area contributed by atoms with E-state index in [1.165, 1.54) is 11.1 Å². The Morgan fingerprint density at radius 1 is 0.351 bits per heavy atom. The number of rotatable bonds is 4. The lowest BCUT2D eigenvalue weighted by Gasteiger charge is -2.06. The highest BCUT2D eigenvalue weighted by Gasteiger charge is 2.15. The van der Waals surface area contributed by atoms with Crippen molar-refractivity contribution in [3.8, 4) is 44.5 Å². The van der Waals surface area contributed by atoms with Gasteiger partial charge in [-0.15, -0.1) is 0 Å². The van der Waals surface area contributed by atoms with Crippen molar-refractivity contribution in [1.29, 1.82) is 0 Å². The molecule has 0 fully saturated rings. The van der Waals surface area contributed by atoms with Crippen LogP contribution in [0.4, 0.5) is 0 Å². The summed E-state index contributed by atoms with van der Waals surface area (Å²) < 4.78 is 6.64. The second kappa shape index (κ2) is 8.89. The number of hydrogen-bond acceptors (Lipinski definition) is 3. The van der Waals surface area contributed by atoms with E-state index in [9.17, 15) is 0 Å². The van der Waals surface area contributed by atoms with Gasteiger partial charge >= 0.3 is 0 Å². The van der Waals surface area contributed by atoms with Gasteiger partial charge in [0.25, 0.3) is 0 Å². The molecular formula is C34H22N2O. The van der Waals surface area contributed by atoms with Crippen molar-refractivity contribution in [2.45, 2.75) is 0 Å². The third-order valence-corrected chi connectivity index (χ3v) is 6.94. The number of hydrogen-bond donors (Lipinski definition) is 0. The zero-order chi connectivity index (χ0) is 24.6. The number of nitrogens with zero attached hydrogens (tertiary/aromatic N) is 2. The number of aromatic nitrogens is 2. The SMILES string of the molecule is c1cc(-c2ccc(-c3ccncc3)cc2)c2oc3c(-c4ccc(-c5ccncc5)cc4)cccc3c2c1. The minimum atomic E-state index is 0.912. The van der Waals surface area contributed by atoms with Gasteiger partial charge in [0, 0.05) is 46.7 Å². The molecule has 0 saturated carbocycles. The van der Waals surface area contributed by atoms with Crippen LogP contribution in [0.15, 0.2) is 138 Å². The molecule has 3 aromatic heterocycles. The Balaban J connectivity index is 1.32. The summed E-state index contributed by atoms with van der Waals surface area (Å²) in [7, 11) is 0. The number of benzene rings is 4. The topological polar surface area (TPSA) is 38.9 Å².